The predicted molar refractivity (Wildman–Crippen MR) is 86.7 cm³/mol. The van der Waals surface area contributed by atoms with Gasteiger partial charge in [0, 0.05) is 5.70 Å². The van der Waals surface area contributed by atoms with Gasteiger partial charge in [0.15, 0.2) is 0 Å². The number of aliphatic carboxylic acids is 1. The lowest BCUT2D eigenvalue weighted by Crippen LogP contribution is -2.39. The molecule has 0 amide bonds. The van der Waals surface area contributed by atoms with E-state index >= 15 is 0 Å². The molecule has 0 bridgehead atoms. The van der Waals surface area contributed by atoms with Crippen LogP contribution in [0.4, 0.5) is 5.95 Å². The maximum atomic E-state index is 12.6. The molecule has 1 aromatic carbocycles. The van der Waals surface area contributed by atoms with Crippen molar-refractivity contribution in [3.05, 3.63) is 47.2 Å². The molecule has 1 atom stereocenters. The van der Waals surface area contributed by atoms with Crippen molar-refractivity contribution >= 4 is 17.9 Å². The first-order chi connectivity index (χ1) is 12.0. The minimum atomic E-state index is -1.06. The fourth-order valence-electron chi connectivity index (χ4n) is 2.89. The van der Waals surface area contributed by atoms with Gasteiger partial charge in [-0.1, -0.05) is 35.4 Å². The summed E-state index contributed by atoms with van der Waals surface area (Å²) in [6, 6.07) is 8.69. The summed E-state index contributed by atoms with van der Waals surface area (Å²) in [6.45, 7) is 3.23. The summed E-state index contributed by atoms with van der Waals surface area (Å²) in [5.74, 6) is -1.32. The zero-order valence-corrected chi connectivity index (χ0v) is 13.8. The second kappa shape index (κ2) is 6.71. The summed E-state index contributed by atoms with van der Waals surface area (Å²) in [7, 11) is 0. The maximum Gasteiger partial charge on any atom is 0.338 e. The fraction of sp³-hybridized carbons (Fsp3) is 0.312. The average Bonchev–Trinajstić information content (AvgIpc) is 3.06. The van der Waals surface area contributed by atoms with Crippen molar-refractivity contribution in [1.82, 2.24) is 20.2 Å². The Morgan fingerprint density at radius 2 is 2.00 bits per heavy atom. The first-order valence-corrected chi connectivity index (χ1v) is 7.74. The first-order valence-electron chi connectivity index (χ1n) is 7.74. The van der Waals surface area contributed by atoms with Gasteiger partial charge in [0.2, 0.25) is 0 Å². The quantitative estimate of drug-likeness (QED) is 0.801. The lowest BCUT2D eigenvalue weighted by atomic mass is 9.95. The summed E-state index contributed by atoms with van der Waals surface area (Å²) < 4.78 is 6.64. The zero-order valence-electron chi connectivity index (χ0n) is 13.8. The van der Waals surface area contributed by atoms with E-state index in [1.54, 1.807) is 13.8 Å². The van der Waals surface area contributed by atoms with Crippen LogP contribution in [0.15, 0.2) is 41.6 Å². The topological polar surface area (TPSA) is 110 Å². The zero-order chi connectivity index (χ0) is 18.0. The normalized spacial score (nSPS) is 16.6. The lowest BCUT2D eigenvalue weighted by Gasteiger charge is -2.33. The summed E-state index contributed by atoms with van der Waals surface area (Å²) in [6.07, 6.45) is 0. The van der Waals surface area contributed by atoms with Gasteiger partial charge in [-0.2, -0.15) is 4.68 Å². The van der Waals surface area contributed by atoms with Gasteiger partial charge in [-0.05, 0) is 29.8 Å². The second-order valence-corrected chi connectivity index (χ2v) is 5.44. The number of hydrogen-bond acceptors (Lipinski definition) is 7. The number of ether oxygens (including phenoxy) is 1. The number of hydrogen-bond donors (Lipinski definition) is 1. The Balaban J connectivity index is 2.20. The van der Waals surface area contributed by atoms with Gasteiger partial charge >= 0.3 is 11.9 Å². The highest BCUT2D eigenvalue weighted by molar-refractivity contribution is 5.93. The van der Waals surface area contributed by atoms with E-state index in [0.29, 0.717) is 11.3 Å². The Hall–Kier alpha value is -3.23. The van der Waals surface area contributed by atoms with Gasteiger partial charge in [0.05, 0.1) is 12.2 Å². The number of benzene rings is 1. The highest BCUT2D eigenvalue weighted by atomic mass is 16.5. The van der Waals surface area contributed by atoms with Crippen LogP contribution >= 0.6 is 0 Å². The van der Waals surface area contributed by atoms with E-state index in [0.717, 1.165) is 5.56 Å². The van der Waals surface area contributed by atoms with Gasteiger partial charge in [-0.3, -0.25) is 4.79 Å². The minimum Gasteiger partial charge on any atom is -0.480 e. The predicted octanol–water partition coefficient (Wildman–Crippen LogP) is 1.00. The van der Waals surface area contributed by atoms with Crippen LogP contribution in [0.1, 0.15) is 25.5 Å². The first kappa shape index (κ1) is 16.6. The molecule has 0 saturated carbocycles. The summed E-state index contributed by atoms with van der Waals surface area (Å²) in [5, 5.41) is 20.8. The van der Waals surface area contributed by atoms with E-state index in [1.807, 2.05) is 30.3 Å². The molecule has 0 aliphatic carbocycles. The van der Waals surface area contributed by atoms with E-state index in [-0.39, 0.29) is 19.1 Å². The molecule has 1 N–H and O–H groups in total. The number of fused-ring (bicyclic) bond motifs is 1. The molecule has 9 nitrogen and oxygen atoms in total. The molecule has 2 heterocycles. The standard InChI is InChI=1S/C16H17N5O4/c1-3-25-15(24)13-10(2)20(9-12(22)23)16-17-18-19-21(16)14(13)11-7-5-4-6-8-11/h4-8,14H,3,9H2,1-2H3,(H,22,23). The number of carbonyl (C=O) groups excluding carboxylic acids is 1. The van der Waals surface area contributed by atoms with Crippen LogP contribution in [0.3, 0.4) is 0 Å². The van der Waals surface area contributed by atoms with Gasteiger partial charge in [0.1, 0.15) is 12.6 Å². The molecular weight excluding hydrogens is 326 g/mol. The molecule has 2 aromatic rings. The van der Waals surface area contributed by atoms with Crippen LogP contribution in [-0.2, 0) is 14.3 Å². The summed E-state index contributed by atoms with van der Waals surface area (Å²) in [5.41, 5.74) is 1.57. The molecular formula is C16H17N5O4. The molecule has 0 saturated heterocycles. The number of tetrazole rings is 1. The highest BCUT2D eigenvalue weighted by Crippen LogP contribution is 2.37. The van der Waals surface area contributed by atoms with Gasteiger partial charge < -0.3 is 14.7 Å². The lowest BCUT2D eigenvalue weighted by molar-refractivity contribution is -0.139. The number of carboxylic acids is 1. The van der Waals surface area contributed by atoms with Crippen LogP contribution in [-0.4, -0.2) is 50.4 Å². The SMILES string of the molecule is CCOC(=O)C1=C(C)N(CC(=O)O)c2nnnn2C1c1ccccc1. The molecule has 0 spiro atoms. The molecule has 3 rings (SSSR count). The smallest absolute Gasteiger partial charge is 0.338 e. The molecule has 0 fully saturated rings. The summed E-state index contributed by atoms with van der Waals surface area (Å²) >= 11 is 0. The van der Waals surface area contributed by atoms with Gasteiger partial charge in [0.25, 0.3) is 5.95 Å². The van der Waals surface area contributed by atoms with Crippen LogP contribution < -0.4 is 4.90 Å². The number of esters is 1. The van der Waals surface area contributed by atoms with Crippen molar-refractivity contribution in [3.63, 3.8) is 0 Å². The van der Waals surface area contributed by atoms with Crippen molar-refractivity contribution in [1.29, 1.82) is 0 Å². The largest absolute Gasteiger partial charge is 0.480 e. The van der Waals surface area contributed by atoms with E-state index in [9.17, 15) is 14.7 Å². The molecule has 1 aliphatic rings. The van der Waals surface area contributed by atoms with Crippen LogP contribution in [0.25, 0.3) is 0 Å². The van der Waals surface area contributed by atoms with Crippen molar-refractivity contribution < 1.29 is 19.4 Å². The van der Waals surface area contributed by atoms with Gasteiger partial charge in [-0.15, -0.1) is 0 Å². The number of nitrogens with zero attached hydrogens (tertiary/aromatic N) is 5. The Kier molecular flexibility index (Phi) is 4.46. The van der Waals surface area contributed by atoms with Crippen molar-refractivity contribution in [3.8, 4) is 0 Å². The molecule has 130 valence electrons. The molecule has 25 heavy (non-hydrogen) atoms. The molecule has 1 unspecified atom stereocenters. The van der Waals surface area contributed by atoms with Crippen molar-refractivity contribution in [2.45, 2.75) is 19.9 Å². The fourth-order valence-corrected chi connectivity index (χ4v) is 2.89. The Bertz CT molecular complexity index is 830. The van der Waals surface area contributed by atoms with E-state index in [4.69, 9.17) is 4.74 Å². The van der Waals surface area contributed by atoms with Crippen LogP contribution in [0.2, 0.25) is 0 Å². The second-order valence-electron chi connectivity index (χ2n) is 5.44. The molecule has 1 aromatic heterocycles. The van der Waals surface area contributed by atoms with E-state index in [2.05, 4.69) is 15.5 Å². The molecule has 1 aliphatic heterocycles. The number of allylic oxidation sites excluding steroid dienone is 1. The van der Waals surface area contributed by atoms with Crippen LogP contribution in [0, 0.1) is 0 Å². The Labute approximate surface area is 143 Å². The highest BCUT2D eigenvalue weighted by Gasteiger charge is 2.38. The number of carboxylic acid groups (broad SMARTS) is 1. The van der Waals surface area contributed by atoms with E-state index in [1.165, 1.54) is 9.58 Å². The number of anilines is 1. The average molecular weight is 343 g/mol. The third-order valence-corrected chi connectivity index (χ3v) is 3.93. The maximum absolute atomic E-state index is 12.6. The van der Waals surface area contributed by atoms with Crippen molar-refractivity contribution in [2.75, 3.05) is 18.1 Å². The minimum absolute atomic E-state index is 0.207. The molecule has 9 heteroatoms. The number of carbonyl (C=O) groups is 2. The number of rotatable bonds is 5. The van der Waals surface area contributed by atoms with Crippen LogP contribution in [0.5, 0.6) is 0 Å². The summed E-state index contributed by atoms with van der Waals surface area (Å²) in [4.78, 5) is 25.3. The van der Waals surface area contributed by atoms with Crippen molar-refractivity contribution in [2.24, 2.45) is 0 Å². The Morgan fingerprint density at radius 3 is 2.64 bits per heavy atom. The third kappa shape index (κ3) is 2.95. The third-order valence-electron chi connectivity index (χ3n) is 3.93. The monoisotopic (exact) mass is 343 g/mol. The Morgan fingerprint density at radius 1 is 1.28 bits per heavy atom. The molecule has 0 radical (unpaired) electrons. The number of aromatic nitrogens is 4. The van der Waals surface area contributed by atoms with E-state index < -0.39 is 18.0 Å². The van der Waals surface area contributed by atoms with Gasteiger partial charge in [-0.25, -0.2) is 4.79 Å².